The van der Waals surface area contributed by atoms with Crippen molar-refractivity contribution >= 4 is 37.8 Å². The van der Waals surface area contributed by atoms with E-state index >= 15 is 4.39 Å². The van der Waals surface area contributed by atoms with Crippen LogP contribution in [0.3, 0.4) is 0 Å². The number of piperidine rings is 1. The summed E-state index contributed by atoms with van der Waals surface area (Å²) < 4.78 is 43.4. The molecule has 11 heteroatoms. The van der Waals surface area contributed by atoms with Crippen LogP contribution in [0.4, 0.5) is 10.2 Å². The van der Waals surface area contributed by atoms with E-state index in [1.54, 1.807) is 12.1 Å². The molecule has 2 fully saturated rings. The maximum absolute atomic E-state index is 15.2. The molecule has 9 nitrogen and oxygen atoms in total. The van der Waals surface area contributed by atoms with Gasteiger partial charge in [0.25, 0.3) is 0 Å². The van der Waals surface area contributed by atoms with Crippen molar-refractivity contribution in [3.63, 3.8) is 0 Å². The number of hydrogen-bond acceptors (Lipinski definition) is 7. The second-order valence-corrected chi connectivity index (χ2v) is 10.8. The van der Waals surface area contributed by atoms with Crippen molar-refractivity contribution in [3.05, 3.63) is 24.5 Å². The highest BCUT2D eigenvalue weighted by atomic mass is 32.2. The molecule has 0 amide bonds. The number of aromatic amines is 1. The number of hydrogen-bond donors (Lipinski definition) is 2. The van der Waals surface area contributed by atoms with Crippen LogP contribution >= 0.6 is 0 Å². The Morgan fingerprint density at radius 3 is 2.74 bits per heavy atom. The van der Waals surface area contributed by atoms with E-state index in [0.29, 0.717) is 42.8 Å². The molecular weight excluding hydrogens is 457 g/mol. The minimum atomic E-state index is -3.85. The number of fused-ring (bicyclic) bond motifs is 3. The fraction of sp³-hybridized carbons (Fsp3) is 0.522. The lowest BCUT2D eigenvalue weighted by Gasteiger charge is -2.40. The standard InChI is InChI=1S/C23H28FN7O2S/c1-3-30(4-2)19-7-10-31(12-17(19)24)22-20-16-6-5-15(11-18(16)28-21(20)26-14-27-22)34(32,33)29-23(13-25)8-9-23/h5-6,11,14,17,19,29H,3-4,7-10,12H2,1-2H3,(H,26,27,28)/t17-,19?/m0/s1. The first-order chi connectivity index (χ1) is 16.3. The molecule has 3 aromatic rings. The third-order valence-corrected chi connectivity index (χ3v) is 8.57. The van der Waals surface area contributed by atoms with Gasteiger partial charge in [-0.15, -0.1) is 0 Å². The molecule has 5 rings (SSSR count). The van der Waals surface area contributed by atoms with Gasteiger partial charge < -0.3 is 9.88 Å². The van der Waals surface area contributed by atoms with E-state index in [0.717, 1.165) is 23.9 Å². The van der Waals surface area contributed by atoms with Crippen LogP contribution in [-0.4, -0.2) is 72.2 Å². The lowest BCUT2D eigenvalue weighted by Crippen LogP contribution is -2.52. The van der Waals surface area contributed by atoms with Crippen LogP contribution < -0.4 is 9.62 Å². The summed E-state index contributed by atoms with van der Waals surface area (Å²) in [6.07, 6.45) is 2.17. The second kappa shape index (κ2) is 8.45. The number of halogens is 1. The van der Waals surface area contributed by atoms with Crippen molar-refractivity contribution in [2.45, 2.75) is 55.8 Å². The molecule has 1 saturated carbocycles. The van der Waals surface area contributed by atoms with Gasteiger partial charge in [-0.1, -0.05) is 19.9 Å². The summed E-state index contributed by atoms with van der Waals surface area (Å²) in [5.41, 5.74) is 0.170. The number of nitrogens with zero attached hydrogens (tertiary/aromatic N) is 5. The average Bonchev–Trinajstić information content (AvgIpc) is 3.49. The largest absolute Gasteiger partial charge is 0.353 e. The monoisotopic (exact) mass is 485 g/mol. The number of nitrogens with one attached hydrogen (secondary N) is 2. The molecule has 0 spiro atoms. The smallest absolute Gasteiger partial charge is 0.242 e. The van der Waals surface area contributed by atoms with Crippen molar-refractivity contribution in [3.8, 4) is 6.07 Å². The number of rotatable bonds is 7. The molecule has 3 heterocycles. The zero-order valence-corrected chi connectivity index (χ0v) is 20.1. The zero-order valence-electron chi connectivity index (χ0n) is 19.3. The van der Waals surface area contributed by atoms with Crippen LogP contribution in [0.25, 0.3) is 21.9 Å². The van der Waals surface area contributed by atoms with Crippen LogP contribution in [-0.2, 0) is 10.0 Å². The van der Waals surface area contributed by atoms with E-state index < -0.39 is 21.7 Å². The first-order valence-electron chi connectivity index (χ1n) is 11.7. The molecule has 2 aliphatic rings. The van der Waals surface area contributed by atoms with Gasteiger partial charge in [0.05, 0.1) is 22.9 Å². The predicted octanol–water partition coefficient (Wildman–Crippen LogP) is 2.70. The normalized spacial score (nSPS) is 22.4. The van der Waals surface area contributed by atoms with E-state index in [1.165, 1.54) is 12.4 Å². The van der Waals surface area contributed by atoms with Gasteiger partial charge in [0, 0.05) is 23.5 Å². The van der Waals surface area contributed by atoms with Crippen molar-refractivity contribution in [2.24, 2.45) is 0 Å². The Morgan fingerprint density at radius 2 is 2.09 bits per heavy atom. The SMILES string of the molecule is CCN(CC)C1CCN(c2ncnc3[nH]c4cc(S(=O)(=O)NC5(C#N)CC5)ccc4c23)C[C@@H]1F. The third kappa shape index (κ3) is 3.89. The molecule has 1 aliphatic heterocycles. The molecule has 2 atom stereocenters. The van der Waals surface area contributed by atoms with E-state index in [2.05, 4.69) is 38.4 Å². The molecule has 34 heavy (non-hydrogen) atoms. The molecule has 0 radical (unpaired) electrons. The second-order valence-electron chi connectivity index (χ2n) is 9.09. The van der Waals surface area contributed by atoms with Gasteiger partial charge in [-0.05, 0) is 44.5 Å². The Balaban J connectivity index is 1.48. The summed E-state index contributed by atoms with van der Waals surface area (Å²) in [6.45, 7) is 6.66. The van der Waals surface area contributed by atoms with Crippen molar-refractivity contribution in [1.29, 1.82) is 5.26 Å². The van der Waals surface area contributed by atoms with E-state index in [4.69, 9.17) is 0 Å². The molecule has 0 bridgehead atoms. The van der Waals surface area contributed by atoms with Crippen molar-refractivity contribution in [2.75, 3.05) is 31.1 Å². The van der Waals surface area contributed by atoms with Crippen LogP contribution in [0.2, 0.25) is 0 Å². The molecule has 1 unspecified atom stereocenters. The minimum Gasteiger partial charge on any atom is -0.353 e. The van der Waals surface area contributed by atoms with E-state index in [9.17, 15) is 13.7 Å². The average molecular weight is 486 g/mol. The van der Waals surface area contributed by atoms with Gasteiger partial charge in [-0.25, -0.2) is 22.8 Å². The highest BCUT2D eigenvalue weighted by Crippen LogP contribution is 2.37. The Labute approximate surface area is 198 Å². The Kier molecular flexibility index (Phi) is 5.70. The quantitative estimate of drug-likeness (QED) is 0.528. The molecular formula is C23H28FN7O2S. The van der Waals surface area contributed by atoms with E-state index in [1.807, 2.05) is 11.0 Å². The summed E-state index contributed by atoms with van der Waals surface area (Å²) in [5, 5.41) is 10.8. The highest BCUT2D eigenvalue weighted by molar-refractivity contribution is 7.89. The third-order valence-electron chi connectivity index (χ3n) is 7.03. The van der Waals surface area contributed by atoms with Crippen LogP contribution in [0.15, 0.2) is 29.4 Å². The van der Waals surface area contributed by atoms with Gasteiger partial charge in [-0.3, -0.25) is 4.90 Å². The zero-order chi connectivity index (χ0) is 24.1. The summed E-state index contributed by atoms with van der Waals surface area (Å²) in [5.74, 6) is 0.645. The lowest BCUT2D eigenvalue weighted by molar-refractivity contribution is 0.102. The summed E-state index contributed by atoms with van der Waals surface area (Å²) >= 11 is 0. The number of sulfonamides is 1. The summed E-state index contributed by atoms with van der Waals surface area (Å²) in [4.78, 5) is 16.2. The van der Waals surface area contributed by atoms with E-state index in [-0.39, 0.29) is 17.5 Å². The first-order valence-corrected chi connectivity index (χ1v) is 13.1. The van der Waals surface area contributed by atoms with Crippen LogP contribution in [0, 0.1) is 11.3 Å². The predicted molar refractivity (Wildman–Crippen MR) is 128 cm³/mol. The number of benzene rings is 1. The van der Waals surface area contributed by atoms with Crippen molar-refractivity contribution < 1.29 is 12.8 Å². The number of nitriles is 1. The molecule has 1 saturated heterocycles. The number of H-pyrrole nitrogens is 1. The van der Waals surface area contributed by atoms with Crippen LogP contribution in [0.1, 0.15) is 33.1 Å². The maximum atomic E-state index is 15.2. The molecule has 2 N–H and O–H groups in total. The molecule has 2 aromatic heterocycles. The maximum Gasteiger partial charge on any atom is 0.242 e. The molecule has 180 valence electrons. The summed E-state index contributed by atoms with van der Waals surface area (Å²) in [6, 6.07) is 6.73. The molecule has 1 aromatic carbocycles. The Bertz CT molecular complexity index is 1380. The lowest BCUT2D eigenvalue weighted by atomic mass is 10.0. The van der Waals surface area contributed by atoms with Crippen LogP contribution in [0.5, 0.6) is 0 Å². The van der Waals surface area contributed by atoms with Gasteiger partial charge in [0.15, 0.2) is 0 Å². The van der Waals surface area contributed by atoms with Gasteiger partial charge >= 0.3 is 0 Å². The van der Waals surface area contributed by atoms with Gasteiger partial charge in [-0.2, -0.15) is 9.98 Å². The number of alkyl halides is 1. The fourth-order valence-electron chi connectivity index (χ4n) is 4.96. The number of anilines is 1. The number of aromatic nitrogens is 3. The minimum absolute atomic E-state index is 0.0754. The Morgan fingerprint density at radius 1 is 1.32 bits per heavy atom. The van der Waals surface area contributed by atoms with Crippen molar-refractivity contribution in [1.82, 2.24) is 24.6 Å². The molecule has 1 aliphatic carbocycles. The summed E-state index contributed by atoms with van der Waals surface area (Å²) in [7, 11) is -3.85. The van der Waals surface area contributed by atoms with Gasteiger partial charge in [0.2, 0.25) is 10.0 Å². The highest BCUT2D eigenvalue weighted by Gasteiger charge is 2.46. The first kappa shape index (κ1) is 23.0. The van der Waals surface area contributed by atoms with Gasteiger partial charge in [0.1, 0.15) is 29.5 Å². The fourth-order valence-corrected chi connectivity index (χ4v) is 6.37. The topological polar surface area (TPSA) is 118 Å². The Hall–Kier alpha value is -2.81.